The summed E-state index contributed by atoms with van der Waals surface area (Å²) in [5, 5.41) is 6.74. The van der Waals surface area contributed by atoms with Gasteiger partial charge in [-0.05, 0) is 25.3 Å². The van der Waals surface area contributed by atoms with Gasteiger partial charge in [0.25, 0.3) is 5.91 Å². The first-order valence-electron chi connectivity index (χ1n) is 5.16. The van der Waals surface area contributed by atoms with Crippen LogP contribution < -0.4 is 11.1 Å². The van der Waals surface area contributed by atoms with Crippen LogP contribution in [0, 0.1) is 0 Å². The number of hydrogen-bond acceptors (Lipinski definition) is 3. The highest BCUT2D eigenvalue weighted by Crippen LogP contribution is 1.97. The standard InChI is InChI=1S/C10H16N4OS/c1-14-8(5-7-13-14)10(15)12-6-3-2-4-9(11)16/h5,7H,2-4,6H2,1H3,(H2,11,16)(H,12,15). The van der Waals surface area contributed by atoms with Crippen molar-refractivity contribution >= 4 is 23.1 Å². The third-order valence-corrected chi connectivity index (χ3v) is 2.39. The molecule has 0 unspecified atom stereocenters. The van der Waals surface area contributed by atoms with E-state index in [1.807, 2.05) is 0 Å². The normalized spacial score (nSPS) is 10.1. The number of carbonyl (C=O) groups excluding carboxylic acids is 1. The van der Waals surface area contributed by atoms with Crippen LogP contribution in [0.3, 0.4) is 0 Å². The first-order valence-corrected chi connectivity index (χ1v) is 5.56. The van der Waals surface area contributed by atoms with E-state index in [-0.39, 0.29) is 5.91 Å². The molecule has 1 amide bonds. The van der Waals surface area contributed by atoms with Crippen LogP contribution in [0.2, 0.25) is 0 Å². The van der Waals surface area contributed by atoms with Gasteiger partial charge in [-0.1, -0.05) is 12.2 Å². The van der Waals surface area contributed by atoms with E-state index in [4.69, 9.17) is 18.0 Å². The number of hydrogen-bond donors (Lipinski definition) is 2. The number of unbranched alkanes of at least 4 members (excludes halogenated alkanes) is 1. The van der Waals surface area contributed by atoms with Crippen molar-refractivity contribution in [3.8, 4) is 0 Å². The lowest BCUT2D eigenvalue weighted by Gasteiger charge is -2.04. The van der Waals surface area contributed by atoms with Gasteiger partial charge in [0.1, 0.15) is 5.69 Å². The Kier molecular flexibility index (Phi) is 4.91. The highest BCUT2D eigenvalue weighted by Gasteiger charge is 2.07. The van der Waals surface area contributed by atoms with E-state index in [0.717, 1.165) is 19.3 Å². The first kappa shape index (κ1) is 12.6. The molecule has 6 heteroatoms. The van der Waals surface area contributed by atoms with Crippen LogP contribution in [0.4, 0.5) is 0 Å². The number of amides is 1. The molecule has 1 aromatic heterocycles. The number of nitrogens with two attached hydrogens (primary N) is 1. The van der Waals surface area contributed by atoms with E-state index >= 15 is 0 Å². The zero-order valence-corrected chi connectivity index (χ0v) is 10.1. The third kappa shape index (κ3) is 3.98. The molecule has 5 nitrogen and oxygen atoms in total. The number of thiocarbonyl (C=S) groups is 1. The van der Waals surface area contributed by atoms with Gasteiger partial charge in [0.05, 0.1) is 4.99 Å². The number of nitrogens with zero attached hydrogens (tertiary/aromatic N) is 2. The van der Waals surface area contributed by atoms with Crippen molar-refractivity contribution in [2.24, 2.45) is 12.8 Å². The molecule has 0 atom stereocenters. The van der Waals surface area contributed by atoms with Crippen molar-refractivity contribution in [3.63, 3.8) is 0 Å². The molecule has 3 N–H and O–H groups in total. The van der Waals surface area contributed by atoms with Crippen molar-refractivity contribution in [2.75, 3.05) is 6.54 Å². The predicted molar refractivity (Wildman–Crippen MR) is 66.2 cm³/mol. The summed E-state index contributed by atoms with van der Waals surface area (Å²) in [4.78, 5) is 12.1. The Bertz CT molecular complexity index is 375. The first-order chi connectivity index (χ1) is 7.61. The van der Waals surface area contributed by atoms with Gasteiger partial charge < -0.3 is 11.1 Å². The van der Waals surface area contributed by atoms with E-state index in [0.29, 0.717) is 17.2 Å². The van der Waals surface area contributed by atoms with Crippen molar-refractivity contribution < 1.29 is 4.79 Å². The summed E-state index contributed by atoms with van der Waals surface area (Å²) in [5.41, 5.74) is 5.93. The van der Waals surface area contributed by atoms with Crippen LogP contribution in [0.1, 0.15) is 29.8 Å². The average Bonchev–Trinajstić information content (AvgIpc) is 2.63. The van der Waals surface area contributed by atoms with Gasteiger partial charge in [-0.15, -0.1) is 0 Å². The molecule has 1 rings (SSSR count). The second-order valence-electron chi connectivity index (χ2n) is 3.52. The highest BCUT2D eigenvalue weighted by molar-refractivity contribution is 7.80. The van der Waals surface area contributed by atoms with E-state index < -0.39 is 0 Å². The van der Waals surface area contributed by atoms with E-state index in [9.17, 15) is 4.79 Å². The number of rotatable bonds is 6. The smallest absolute Gasteiger partial charge is 0.269 e. The Labute approximate surface area is 100 Å². The fourth-order valence-corrected chi connectivity index (χ4v) is 1.46. The van der Waals surface area contributed by atoms with E-state index in [1.54, 1.807) is 24.0 Å². The summed E-state index contributed by atoms with van der Waals surface area (Å²) in [5.74, 6) is -0.102. The maximum Gasteiger partial charge on any atom is 0.269 e. The van der Waals surface area contributed by atoms with Gasteiger partial charge in [0.2, 0.25) is 0 Å². The molecule has 0 spiro atoms. The van der Waals surface area contributed by atoms with Gasteiger partial charge in [-0.25, -0.2) is 0 Å². The molecule has 0 radical (unpaired) electrons. The molecule has 0 aliphatic carbocycles. The minimum atomic E-state index is -0.102. The Morgan fingerprint density at radius 3 is 2.94 bits per heavy atom. The summed E-state index contributed by atoms with van der Waals surface area (Å²) in [6, 6.07) is 1.68. The number of aryl methyl sites for hydroxylation is 1. The molecule has 0 saturated heterocycles. The topological polar surface area (TPSA) is 72.9 Å². The summed E-state index contributed by atoms with van der Waals surface area (Å²) in [6.07, 6.45) is 4.11. The molecule has 0 aromatic carbocycles. The lowest BCUT2D eigenvalue weighted by atomic mass is 10.2. The van der Waals surface area contributed by atoms with Crippen LogP contribution in [-0.2, 0) is 7.05 Å². The van der Waals surface area contributed by atoms with Crippen molar-refractivity contribution in [3.05, 3.63) is 18.0 Å². The van der Waals surface area contributed by atoms with Gasteiger partial charge >= 0.3 is 0 Å². The molecular formula is C10H16N4OS. The van der Waals surface area contributed by atoms with Crippen LogP contribution in [-0.4, -0.2) is 27.2 Å². The molecule has 16 heavy (non-hydrogen) atoms. The fraction of sp³-hybridized carbons (Fsp3) is 0.500. The van der Waals surface area contributed by atoms with Gasteiger partial charge in [0.15, 0.2) is 0 Å². The number of aromatic nitrogens is 2. The van der Waals surface area contributed by atoms with Crippen LogP contribution in [0.5, 0.6) is 0 Å². The number of carbonyl (C=O) groups is 1. The molecule has 0 fully saturated rings. The van der Waals surface area contributed by atoms with Gasteiger partial charge in [-0.3, -0.25) is 9.48 Å². The molecule has 0 saturated carbocycles. The maximum absolute atomic E-state index is 11.6. The summed E-state index contributed by atoms with van der Waals surface area (Å²) in [6.45, 7) is 0.632. The predicted octanol–water partition coefficient (Wildman–Crippen LogP) is 0.606. The molecular weight excluding hydrogens is 224 g/mol. The second kappa shape index (κ2) is 6.22. The largest absolute Gasteiger partial charge is 0.393 e. The van der Waals surface area contributed by atoms with Crippen LogP contribution in [0.25, 0.3) is 0 Å². The molecule has 88 valence electrons. The van der Waals surface area contributed by atoms with E-state index in [1.165, 1.54) is 0 Å². The highest BCUT2D eigenvalue weighted by atomic mass is 32.1. The number of nitrogens with one attached hydrogen (secondary N) is 1. The Hall–Kier alpha value is -1.43. The average molecular weight is 240 g/mol. The summed E-state index contributed by atoms with van der Waals surface area (Å²) < 4.78 is 1.55. The third-order valence-electron chi connectivity index (χ3n) is 2.19. The zero-order chi connectivity index (χ0) is 12.0. The van der Waals surface area contributed by atoms with Crippen LogP contribution >= 0.6 is 12.2 Å². The van der Waals surface area contributed by atoms with Crippen molar-refractivity contribution in [1.29, 1.82) is 0 Å². The minimum Gasteiger partial charge on any atom is -0.393 e. The molecule has 0 bridgehead atoms. The molecule has 1 heterocycles. The van der Waals surface area contributed by atoms with Crippen molar-refractivity contribution in [1.82, 2.24) is 15.1 Å². The van der Waals surface area contributed by atoms with E-state index in [2.05, 4.69) is 10.4 Å². The summed E-state index contributed by atoms with van der Waals surface area (Å²) in [7, 11) is 1.74. The Morgan fingerprint density at radius 2 is 2.38 bits per heavy atom. The lowest BCUT2D eigenvalue weighted by molar-refractivity contribution is 0.0943. The SMILES string of the molecule is Cn1nccc1C(=O)NCCCCC(N)=S. The van der Waals surface area contributed by atoms with Gasteiger partial charge in [-0.2, -0.15) is 5.10 Å². The van der Waals surface area contributed by atoms with Gasteiger partial charge in [0, 0.05) is 19.8 Å². The Morgan fingerprint density at radius 1 is 1.62 bits per heavy atom. The maximum atomic E-state index is 11.6. The molecule has 0 aliphatic rings. The van der Waals surface area contributed by atoms with Crippen LogP contribution in [0.15, 0.2) is 12.3 Å². The summed E-state index contributed by atoms with van der Waals surface area (Å²) >= 11 is 4.76. The zero-order valence-electron chi connectivity index (χ0n) is 9.27. The van der Waals surface area contributed by atoms with Crippen molar-refractivity contribution in [2.45, 2.75) is 19.3 Å². The minimum absolute atomic E-state index is 0.102. The molecule has 1 aromatic rings. The second-order valence-corrected chi connectivity index (χ2v) is 4.04. The fourth-order valence-electron chi connectivity index (χ4n) is 1.31. The Balaban J connectivity index is 2.21. The monoisotopic (exact) mass is 240 g/mol. The lowest BCUT2D eigenvalue weighted by Crippen LogP contribution is -2.26. The molecule has 0 aliphatic heterocycles. The quantitative estimate of drug-likeness (QED) is 0.564.